The summed E-state index contributed by atoms with van der Waals surface area (Å²) in [5, 5.41) is 3.59. The van der Waals surface area contributed by atoms with Crippen LogP contribution in [0, 0.1) is 0 Å². The van der Waals surface area contributed by atoms with Gasteiger partial charge in [0.15, 0.2) is 0 Å². The Balaban J connectivity index is 1.43. The summed E-state index contributed by atoms with van der Waals surface area (Å²) < 4.78 is 0. The van der Waals surface area contributed by atoms with Crippen LogP contribution >= 0.6 is 0 Å². The van der Waals surface area contributed by atoms with Crippen LogP contribution in [0.15, 0.2) is 42.5 Å². The molecule has 0 saturated carbocycles. The maximum absolute atomic E-state index is 3.59. The van der Waals surface area contributed by atoms with Gasteiger partial charge in [-0.1, -0.05) is 30.3 Å². The Morgan fingerprint density at radius 1 is 0.905 bits per heavy atom. The Labute approximate surface area is 126 Å². The fourth-order valence-electron chi connectivity index (χ4n) is 3.62. The molecule has 2 aliphatic rings. The van der Waals surface area contributed by atoms with Crippen LogP contribution in [0.4, 0.5) is 5.69 Å². The highest BCUT2D eigenvalue weighted by molar-refractivity contribution is 5.78. The van der Waals surface area contributed by atoms with Crippen molar-refractivity contribution in [2.45, 2.75) is 19.3 Å². The summed E-state index contributed by atoms with van der Waals surface area (Å²) in [6.07, 6.45) is 3.82. The van der Waals surface area contributed by atoms with E-state index in [-0.39, 0.29) is 0 Å². The number of rotatable bonds is 4. The van der Waals surface area contributed by atoms with Crippen LogP contribution in [0.2, 0.25) is 0 Å². The van der Waals surface area contributed by atoms with Gasteiger partial charge in [0.05, 0.1) is 0 Å². The van der Waals surface area contributed by atoms with Gasteiger partial charge in [-0.3, -0.25) is 0 Å². The fraction of sp³-hybridized carbons (Fsp3) is 0.368. The third-order valence-electron chi connectivity index (χ3n) is 4.75. The van der Waals surface area contributed by atoms with Gasteiger partial charge in [0.25, 0.3) is 0 Å². The van der Waals surface area contributed by atoms with Crippen LogP contribution < -0.4 is 5.32 Å². The molecule has 0 radical (unpaired) electrons. The summed E-state index contributed by atoms with van der Waals surface area (Å²) in [5.74, 6) is 0. The van der Waals surface area contributed by atoms with Crippen molar-refractivity contribution in [3.8, 4) is 11.1 Å². The Hall–Kier alpha value is -1.80. The van der Waals surface area contributed by atoms with Crippen molar-refractivity contribution in [3.63, 3.8) is 0 Å². The van der Waals surface area contributed by atoms with Crippen LogP contribution in [0.3, 0.4) is 0 Å². The van der Waals surface area contributed by atoms with Gasteiger partial charge >= 0.3 is 0 Å². The van der Waals surface area contributed by atoms with Crippen LogP contribution in [0.1, 0.15) is 24.0 Å². The van der Waals surface area contributed by atoms with Crippen molar-refractivity contribution in [1.82, 2.24) is 4.90 Å². The monoisotopic (exact) mass is 278 g/mol. The molecule has 4 rings (SSSR count). The summed E-state index contributed by atoms with van der Waals surface area (Å²) in [5.41, 5.74) is 7.01. The summed E-state index contributed by atoms with van der Waals surface area (Å²) in [4.78, 5) is 2.55. The lowest BCUT2D eigenvalue weighted by Gasteiger charge is -2.15. The first-order valence-electron chi connectivity index (χ1n) is 8.07. The van der Waals surface area contributed by atoms with E-state index in [1.54, 1.807) is 0 Å². The van der Waals surface area contributed by atoms with Gasteiger partial charge in [0.1, 0.15) is 0 Å². The molecular weight excluding hydrogens is 256 g/mol. The van der Waals surface area contributed by atoms with E-state index in [2.05, 4.69) is 52.7 Å². The van der Waals surface area contributed by atoms with Gasteiger partial charge in [0, 0.05) is 18.8 Å². The predicted molar refractivity (Wildman–Crippen MR) is 88.8 cm³/mol. The van der Waals surface area contributed by atoms with E-state index in [9.17, 15) is 0 Å². The topological polar surface area (TPSA) is 15.3 Å². The Kier molecular flexibility index (Phi) is 3.40. The normalized spacial score (nSPS) is 16.8. The highest BCUT2D eigenvalue weighted by Crippen LogP contribution is 2.37. The number of nitrogens with zero attached hydrogens (tertiary/aromatic N) is 1. The number of nitrogens with one attached hydrogen (secondary N) is 1. The zero-order valence-corrected chi connectivity index (χ0v) is 12.4. The Morgan fingerprint density at radius 2 is 1.71 bits per heavy atom. The van der Waals surface area contributed by atoms with E-state index in [1.165, 1.54) is 53.9 Å². The van der Waals surface area contributed by atoms with Crippen LogP contribution in [0.5, 0.6) is 0 Å². The Bertz CT molecular complexity index is 642. The minimum Gasteiger partial charge on any atom is -0.384 e. The number of fused-ring (bicyclic) bond motifs is 3. The van der Waals surface area contributed by atoms with Gasteiger partial charge < -0.3 is 10.2 Å². The smallest absolute Gasteiger partial charge is 0.0343 e. The standard InChI is InChI=1S/C19H22N2/c1-2-6-18-15(5-1)13-16-14-17(7-8-19(16)18)20-9-12-21-10-3-4-11-21/h1-2,5-8,14,20H,3-4,9-13H2. The first-order chi connectivity index (χ1) is 10.4. The molecule has 2 nitrogen and oxygen atoms in total. The maximum Gasteiger partial charge on any atom is 0.0343 e. The van der Waals surface area contributed by atoms with Crippen LogP contribution in [-0.2, 0) is 6.42 Å². The molecule has 1 N–H and O–H groups in total. The minimum atomic E-state index is 1.05. The molecule has 108 valence electrons. The van der Waals surface area contributed by atoms with Gasteiger partial charge in [0.2, 0.25) is 0 Å². The van der Waals surface area contributed by atoms with E-state index in [0.29, 0.717) is 0 Å². The molecule has 0 amide bonds. The molecule has 21 heavy (non-hydrogen) atoms. The van der Waals surface area contributed by atoms with Crippen molar-refractivity contribution in [3.05, 3.63) is 53.6 Å². The molecule has 2 heteroatoms. The SMILES string of the molecule is c1ccc2c(c1)Cc1cc(NCCN3CCCC3)ccc1-2. The minimum absolute atomic E-state index is 1.05. The van der Waals surface area contributed by atoms with E-state index in [0.717, 1.165) is 19.5 Å². The van der Waals surface area contributed by atoms with Gasteiger partial charge in [-0.05, 0) is 66.7 Å². The molecular formula is C19H22N2. The summed E-state index contributed by atoms with van der Waals surface area (Å²) in [6, 6.07) is 15.6. The van der Waals surface area contributed by atoms with Crippen molar-refractivity contribution in [1.29, 1.82) is 0 Å². The van der Waals surface area contributed by atoms with E-state index >= 15 is 0 Å². The number of anilines is 1. The molecule has 1 saturated heterocycles. The zero-order valence-electron chi connectivity index (χ0n) is 12.4. The molecule has 1 fully saturated rings. The van der Waals surface area contributed by atoms with Crippen molar-refractivity contribution in [2.24, 2.45) is 0 Å². The fourth-order valence-corrected chi connectivity index (χ4v) is 3.62. The van der Waals surface area contributed by atoms with E-state index in [4.69, 9.17) is 0 Å². The number of likely N-dealkylation sites (tertiary alicyclic amines) is 1. The first kappa shape index (κ1) is 12.9. The molecule has 0 aromatic heterocycles. The molecule has 0 spiro atoms. The van der Waals surface area contributed by atoms with Crippen molar-refractivity contribution < 1.29 is 0 Å². The summed E-state index contributed by atoms with van der Waals surface area (Å²) >= 11 is 0. The van der Waals surface area contributed by atoms with E-state index in [1.807, 2.05) is 0 Å². The molecule has 0 unspecified atom stereocenters. The molecule has 2 aromatic rings. The van der Waals surface area contributed by atoms with Gasteiger partial charge in [-0.15, -0.1) is 0 Å². The second-order valence-corrected chi connectivity index (χ2v) is 6.18. The number of benzene rings is 2. The second-order valence-electron chi connectivity index (χ2n) is 6.18. The lowest BCUT2D eigenvalue weighted by molar-refractivity contribution is 0.352. The molecule has 0 atom stereocenters. The highest BCUT2D eigenvalue weighted by atomic mass is 15.1. The van der Waals surface area contributed by atoms with Crippen molar-refractivity contribution >= 4 is 5.69 Å². The lowest BCUT2D eigenvalue weighted by atomic mass is 10.1. The zero-order chi connectivity index (χ0) is 14.1. The summed E-state index contributed by atoms with van der Waals surface area (Å²) in [7, 11) is 0. The average Bonchev–Trinajstić information content (AvgIpc) is 3.13. The Morgan fingerprint density at radius 3 is 2.62 bits per heavy atom. The predicted octanol–water partition coefficient (Wildman–Crippen LogP) is 3.77. The second kappa shape index (κ2) is 5.53. The third kappa shape index (κ3) is 2.56. The van der Waals surface area contributed by atoms with Crippen molar-refractivity contribution in [2.75, 3.05) is 31.5 Å². The molecule has 1 heterocycles. The molecule has 1 aliphatic carbocycles. The largest absolute Gasteiger partial charge is 0.384 e. The molecule has 2 aromatic carbocycles. The van der Waals surface area contributed by atoms with Crippen LogP contribution in [0.25, 0.3) is 11.1 Å². The van der Waals surface area contributed by atoms with Gasteiger partial charge in [-0.2, -0.15) is 0 Å². The third-order valence-corrected chi connectivity index (χ3v) is 4.75. The number of hydrogen-bond acceptors (Lipinski definition) is 2. The number of hydrogen-bond donors (Lipinski definition) is 1. The maximum atomic E-state index is 3.59. The highest BCUT2D eigenvalue weighted by Gasteiger charge is 2.17. The quantitative estimate of drug-likeness (QED) is 0.781. The molecule has 1 aliphatic heterocycles. The molecule has 0 bridgehead atoms. The van der Waals surface area contributed by atoms with Gasteiger partial charge in [-0.25, -0.2) is 0 Å². The van der Waals surface area contributed by atoms with Crippen LogP contribution in [-0.4, -0.2) is 31.1 Å². The van der Waals surface area contributed by atoms with E-state index < -0.39 is 0 Å². The average molecular weight is 278 g/mol. The first-order valence-corrected chi connectivity index (χ1v) is 8.07. The lowest BCUT2D eigenvalue weighted by Crippen LogP contribution is -2.25. The summed E-state index contributed by atoms with van der Waals surface area (Å²) in [6.45, 7) is 4.77.